The Hall–Kier alpha value is -0.580. The molecule has 1 amide bonds. The van der Waals surface area contributed by atoms with Crippen molar-refractivity contribution in [1.82, 2.24) is 10.6 Å². The molecule has 0 radical (unpaired) electrons. The molecule has 0 unspecified atom stereocenters. The van der Waals surface area contributed by atoms with Gasteiger partial charge in [0.25, 0.3) is 0 Å². The van der Waals surface area contributed by atoms with E-state index in [1.807, 2.05) is 17.5 Å². The Bertz CT molecular complexity index is 310. The summed E-state index contributed by atoms with van der Waals surface area (Å²) in [4.78, 5) is 12.8. The van der Waals surface area contributed by atoms with Crippen LogP contribution in [-0.2, 0) is 11.2 Å². The van der Waals surface area contributed by atoms with Gasteiger partial charge in [-0.15, -0.1) is 23.7 Å². The highest BCUT2D eigenvalue weighted by molar-refractivity contribution is 7.10. The molecule has 0 bridgehead atoms. The Morgan fingerprint density at radius 3 is 3.12 bits per heavy atom. The predicted molar refractivity (Wildman–Crippen MR) is 69.3 cm³/mol. The summed E-state index contributed by atoms with van der Waals surface area (Å²) in [6.45, 7) is 1.99. The number of hydrogen-bond donors (Lipinski definition) is 2. The number of nitrogens with one attached hydrogen (secondary N) is 2. The second-order valence-corrected chi connectivity index (χ2v) is 4.90. The summed E-state index contributed by atoms with van der Waals surface area (Å²) < 4.78 is 0. The molecule has 1 aromatic heterocycles. The molecule has 0 saturated carbocycles. The molecule has 0 spiro atoms. The molecule has 3 nitrogen and oxygen atoms in total. The molecule has 1 aliphatic rings. The smallest absolute Gasteiger partial charge is 0.225 e. The lowest BCUT2D eigenvalue weighted by molar-refractivity contribution is -0.121. The van der Waals surface area contributed by atoms with Crippen LogP contribution in [0.3, 0.4) is 0 Å². The van der Waals surface area contributed by atoms with Gasteiger partial charge in [0.2, 0.25) is 5.91 Å². The Labute approximate surface area is 106 Å². The minimum atomic E-state index is 0. The van der Waals surface area contributed by atoms with Crippen molar-refractivity contribution in [2.24, 2.45) is 0 Å². The van der Waals surface area contributed by atoms with Crippen molar-refractivity contribution in [1.29, 1.82) is 0 Å². The predicted octanol–water partition coefficient (Wildman–Crippen LogP) is 1.58. The average molecular weight is 261 g/mol. The fraction of sp³-hybridized carbons (Fsp3) is 0.545. The first-order valence-corrected chi connectivity index (χ1v) is 6.25. The van der Waals surface area contributed by atoms with E-state index >= 15 is 0 Å². The molecule has 90 valence electrons. The maximum atomic E-state index is 11.6. The molecular formula is C11H17ClN2OS. The van der Waals surface area contributed by atoms with Gasteiger partial charge >= 0.3 is 0 Å². The lowest BCUT2D eigenvalue weighted by atomic mass is 10.1. The molecule has 0 aromatic carbocycles. The fourth-order valence-electron chi connectivity index (χ4n) is 1.83. The van der Waals surface area contributed by atoms with E-state index in [9.17, 15) is 4.79 Å². The van der Waals surface area contributed by atoms with E-state index in [1.165, 1.54) is 0 Å². The number of thiophene rings is 1. The summed E-state index contributed by atoms with van der Waals surface area (Å²) in [6.07, 6.45) is 2.78. The van der Waals surface area contributed by atoms with Gasteiger partial charge < -0.3 is 10.6 Å². The Balaban J connectivity index is 0.00000128. The number of rotatable bonds is 3. The van der Waals surface area contributed by atoms with E-state index in [0.717, 1.165) is 30.8 Å². The van der Waals surface area contributed by atoms with Crippen molar-refractivity contribution in [3.63, 3.8) is 0 Å². The van der Waals surface area contributed by atoms with Crippen LogP contribution in [0.15, 0.2) is 17.5 Å². The summed E-state index contributed by atoms with van der Waals surface area (Å²) in [7, 11) is 0. The molecule has 2 heterocycles. The van der Waals surface area contributed by atoms with Crippen molar-refractivity contribution < 1.29 is 4.79 Å². The molecule has 1 saturated heterocycles. The highest BCUT2D eigenvalue weighted by Gasteiger charge is 2.15. The molecule has 16 heavy (non-hydrogen) atoms. The van der Waals surface area contributed by atoms with Crippen LogP contribution in [0.1, 0.15) is 17.7 Å². The van der Waals surface area contributed by atoms with Crippen LogP contribution >= 0.6 is 23.7 Å². The topological polar surface area (TPSA) is 41.1 Å². The highest BCUT2D eigenvalue weighted by atomic mass is 35.5. The molecular weight excluding hydrogens is 244 g/mol. The van der Waals surface area contributed by atoms with Gasteiger partial charge in [-0.05, 0) is 30.8 Å². The number of carbonyl (C=O) groups is 1. The zero-order chi connectivity index (χ0) is 10.5. The fourth-order valence-corrected chi connectivity index (χ4v) is 2.53. The number of carbonyl (C=O) groups excluding carboxylic acids is 1. The summed E-state index contributed by atoms with van der Waals surface area (Å²) in [5, 5.41) is 8.35. The van der Waals surface area contributed by atoms with E-state index < -0.39 is 0 Å². The average Bonchev–Trinajstić information content (AvgIpc) is 2.71. The monoisotopic (exact) mass is 260 g/mol. The van der Waals surface area contributed by atoms with Gasteiger partial charge in [-0.3, -0.25) is 4.79 Å². The van der Waals surface area contributed by atoms with E-state index in [-0.39, 0.29) is 18.3 Å². The summed E-state index contributed by atoms with van der Waals surface area (Å²) >= 11 is 1.64. The maximum Gasteiger partial charge on any atom is 0.225 e. The van der Waals surface area contributed by atoms with Crippen molar-refractivity contribution in [2.45, 2.75) is 25.3 Å². The Kier molecular flexibility index (Phi) is 5.80. The summed E-state index contributed by atoms with van der Waals surface area (Å²) in [5.41, 5.74) is 0. The van der Waals surface area contributed by atoms with E-state index in [0.29, 0.717) is 12.5 Å². The normalized spacial score (nSPS) is 19.9. The van der Waals surface area contributed by atoms with Gasteiger partial charge in [-0.25, -0.2) is 0 Å². The molecule has 5 heteroatoms. The minimum Gasteiger partial charge on any atom is -0.352 e. The maximum absolute atomic E-state index is 11.6. The van der Waals surface area contributed by atoms with Crippen LogP contribution in [0.5, 0.6) is 0 Å². The molecule has 1 aromatic rings. The summed E-state index contributed by atoms with van der Waals surface area (Å²) in [5.74, 6) is 0.145. The lowest BCUT2D eigenvalue weighted by Crippen LogP contribution is -2.46. The van der Waals surface area contributed by atoms with E-state index in [1.54, 1.807) is 11.3 Å². The second kappa shape index (κ2) is 6.89. The molecule has 0 aliphatic carbocycles. The number of halogens is 1. The second-order valence-electron chi connectivity index (χ2n) is 3.87. The SMILES string of the molecule is Cl.O=C(Cc1cccs1)N[C@@H]1CCCNC1. The van der Waals surface area contributed by atoms with E-state index in [2.05, 4.69) is 10.6 Å². The Morgan fingerprint density at radius 2 is 2.50 bits per heavy atom. The molecule has 1 aliphatic heterocycles. The van der Waals surface area contributed by atoms with Crippen molar-refractivity contribution in [2.75, 3.05) is 13.1 Å². The molecule has 1 fully saturated rings. The zero-order valence-electron chi connectivity index (χ0n) is 9.07. The van der Waals surface area contributed by atoms with Gasteiger partial charge in [0, 0.05) is 17.5 Å². The van der Waals surface area contributed by atoms with Crippen LogP contribution in [0.2, 0.25) is 0 Å². The van der Waals surface area contributed by atoms with Crippen LogP contribution in [-0.4, -0.2) is 25.0 Å². The highest BCUT2D eigenvalue weighted by Crippen LogP contribution is 2.09. The number of hydrogen-bond acceptors (Lipinski definition) is 3. The quantitative estimate of drug-likeness (QED) is 0.867. The number of amides is 1. The largest absolute Gasteiger partial charge is 0.352 e. The van der Waals surface area contributed by atoms with Gasteiger partial charge in [0.05, 0.1) is 6.42 Å². The zero-order valence-corrected chi connectivity index (χ0v) is 10.7. The van der Waals surface area contributed by atoms with Crippen molar-refractivity contribution in [3.8, 4) is 0 Å². The van der Waals surface area contributed by atoms with Gasteiger partial charge in [-0.1, -0.05) is 6.07 Å². The minimum absolute atomic E-state index is 0. The van der Waals surface area contributed by atoms with Crippen LogP contribution in [0.4, 0.5) is 0 Å². The number of piperidine rings is 1. The molecule has 1 atom stereocenters. The van der Waals surface area contributed by atoms with E-state index in [4.69, 9.17) is 0 Å². The van der Waals surface area contributed by atoms with Crippen LogP contribution < -0.4 is 10.6 Å². The third-order valence-corrected chi connectivity index (χ3v) is 3.45. The third kappa shape index (κ3) is 4.12. The van der Waals surface area contributed by atoms with Crippen LogP contribution in [0.25, 0.3) is 0 Å². The Morgan fingerprint density at radius 1 is 1.62 bits per heavy atom. The van der Waals surface area contributed by atoms with Gasteiger partial charge in [0.1, 0.15) is 0 Å². The first-order chi connectivity index (χ1) is 7.34. The van der Waals surface area contributed by atoms with Crippen molar-refractivity contribution >= 4 is 29.7 Å². The molecule has 2 N–H and O–H groups in total. The van der Waals surface area contributed by atoms with Crippen LogP contribution in [0, 0.1) is 0 Å². The summed E-state index contributed by atoms with van der Waals surface area (Å²) in [6, 6.07) is 4.31. The van der Waals surface area contributed by atoms with Crippen molar-refractivity contribution in [3.05, 3.63) is 22.4 Å². The first kappa shape index (κ1) is 13.5. The third-order valence-electron chi connectivity index (χ3n) is 2.58. The van der Waals surface area contributed by atoms with Gasteiger partial charge in [0.15, 0.2) is 0 Å². The first-order valence-electron chi connectivity index (χ1n) is 5.37. The van der Waals surface area contributed by atoms with Gasteiger partial charge in [-0.2, -0.15) is 0 Å². The standard InChI is InChI=1S/C11H16N2OS.ClH/c14-11(7-10-4-2-6-15-10)13-9-3-1-5-12-8-9;/h2,4,6,9,12H,1,3,5,7-8H2,(H,13,14);1H/t9-;/m1./s1. The lowest BCUT2D eigenvalue weighted by Gasteiger charge is -2.23. The molecule has 2 rings (SSSR count).